The molecule has 0 aliphatic heterocycles. The molecule has 208 valence electrons. The van der Waals surface area contributed by atoms with Gasteiger partial charge < -0.3 is 5.32 Å². The molecular weight excluding hydrogens is 499 g/mol. The van der Waals surface area contributed by atoms with Crippen molar-refractivity contribution in [3.63, 3.8) is 0 Å². The number of halogens is 3. The molecular formula is C32H38F3N3O. The van der Waals surface area contributed by atoms with E-state index in [9.17, 15) is 18.0 Å². The summed E-state index contributed by atoms with van der Waals surface area (Å²) in [6.07, 6.45) is 6.66. The third-order valence-electron chi connectivity index (χ3n) is 6.68. The average molecular weight is 538 g/mol. The van der Waals surface area contributed by atoms with Gasteiger partial charge in [0.25, 0.3) is 0 Å². The van der Waals surface area contributed by atoms with Gasteiger partial charge >= 0.3 is 6.18 Å². The number of aryl methyl sites for hydroxylation is 1. The Hall–Kier alpha value is -3.45. The Morgan fingerprint density at radius 2 is 1.69 bits per heavy atom. The van der Waals surface area contributed by atoms with Gasteiger partial charge in [0.2, 0.25) is 5.91 Å². The number of rotatable bonds is 14. The van der Waals surface area contributed by atoms with Crippen LogP contribution in [0.2, 0.25) is 0 Å². The van der Waals surface area contributed by atoms with Crippen LogP contribution in [0, 0.1) is 0 Å². The number of nitrogens with zero attached hydrogens (tertiary/aromatic N) is 2. The molecule has 0 saturated carbocycles. The molecule has 3 aromatic rings. The Morgan fingerprint density at radius 1 is 0.949 bits per heavy atom. The molecule has 1 aromatic heterocycles. The summed E-state index contributed by atoms with van der Waals surface area (Å²) >= 11 is 0. The number of unbranched alkanes of at least 4 members (excludes halogenated alkanes) is 2. The third kappa shape index (κ3) is 10.7. The molecule has 0 fully saturated rings. The number of carbonyl (C=O) groups excluding carboxylic acids is 1. The van der Waals surface area contributed by atoms with Gasteiger partial charge in [0.15, 0.2) is 0 Å². The van der Waals surface area contributed by atoms with Crippen LogP contribution in [0.25, 0.3) is 6.08 Å². The van der Waals surface area contributed by atoms with E-state index < -0.39 is 11.7 Å². The van der Waals surface area contributed by atoms with Crippen molar-refractivity contribution in [1.82, 2.24) is 15.2 Å². The van der Waals surface area contributed by atoms with E-state index in [2.05, 4.69) is 53.3 Å². The van der Waals surface area contributed by atoms with Crippen molar-refractivity contribution in [3.8, 4) is 0 Å². The van der Waals surface area contributed by atoms with Crippen molar-refractivity contribution in [2.45, 2.75) is 64.7 Å². The highest BCUT2D eigenvalue weighted by Gasteiger charge is 2.32. The van der Waals surface area contributed by atoms with E-state index in [0.29, 0.717) is 31.6 Å². The molecule has 0 unspecified atom stereocenters. The third-order valence-corrected chi connectivity index (χ3v) is 6.68. The Balaban J connectivity index is 1.37. The molecule has 4 nitrogen and oxygen atoms in total. The molecule has 39 heavy (non-hydrogen) atoms. The highest BCUT2D eigenvalue weighted by Crippen LogP contribution is 2.32. The Morgan fingerprint density at radius 3 is 2.38 bits per heavy atom. The van der Waals surface area contributed by atoms with Crippen LogP contribution in [-0.2, 0) is 30.4 Å². The maximum Gasteiger partial charge on any atom is 0.416 e. The van der Waals surface area contributed by atoms with Gasteiger partial charge in [-0.1, -0.05) is 55.0 Å². The summed E-state index contributed by atoms with van der Waals surface area (Å²) in [7, 11) is 0. The molecule has 1 heterocycles. The van der Waals surface area contributed by atoms with Crippen molar-refractivity contribution in [3.05, 3.63) is 107 Å². The Labute approximate surface area is 230 Å². The van der Waals surface area contributed by atoms with Crippen LogP contribution in [-0.4, -0.2) is 34.9 Å². The SMILES string of the molecule is CC(C)N(CCc1ccccc1C(F)(F)F)Cc1ccc(CCCCCNC(=O)/C=C/c2cccnc2)cc1. The second kappa shape index (κ2) is 15.2. The lowest BCUT2D eigenvalue weighted by Gasteiger charge is -2.27. The van der Waals surface area contributed by atoms with Gasteiger partial charge in [0.05, 0.1) is 5.56 Å². The van der Waals surface area contributed by atoms with Crippen molar-refractivity contribution in [1.29, 1.82) is 0 Å². The van der Waals surface area contributed by atoms with Crippen LogP contribution < -0.4 is 5.32 Å². The first kappa shape index (κ1) is 30.1. The number of alkyl halides is 3. The van der Waals surface area contributed by atoms with Gasteiger partial charge in [-0.15, -0.1) is 0 Å². The zero-order chi connectivity index (χ0) is 28.1. The summed E-state index contributed by atoms with van der Waals surface area (Å²) in [6.45, 7) is 6.05. The molecule has 0 aliphatic carbocycles. The number of nitrogens with one attached hydrogen (secondary N) is 1. The molecule has 0 atom stereocenters. The molecule has 1 N–H and O–H groups in total. The number of benzene rings is 2. The fourth-order valence-corrected chi connectivity index (χ4v) is 4.39. The average Bonchev–Trinajstić information content (AvgIpc) is 2.92. The van der Waals surface area contributed by atoms with Gasteiger partial charge in [-0.25, -0.2) is 0 Å². The van der Waals surface area contributed by atoms with Gasteiger partial charge in [0.1, 0.15) is 0 Å². The molecule has 2 aromatic carbocycles. The second-order valence-electron chi connectivity index (χ2n) is 10.0. The normalized spacial score (nSPS) is 12.0. The van der Waals surface area contributed by atoms with E-state index in [1.54, 1.807) is 30.6 Å². The summed E-state index contributed by atoms with van der Waals surface area (Å²) in [4.78, 5) is 18.2. The van der Waals surface area contributed by atoms with E-state index in [4.69, 9.17) is 0 Å². The maximum absolute atomic E-state index is 13.3. The molecule has 0 bridgehead atoms. The fraction of sp³-hybridized carbons (Fsp3) is 0.375. The highest BCUT2D eigenvalue weighted by molar-refractivity contribution is 5.91. The predicted molar refractivity (Wildman–Crippen MR) is 151 cm³/mol. The minimum atomic E-state index is -4.33. The zero-order valence-corrected chi connectivity index (χ0v) is 22.8. The van der Waals surface area contributed by atoms with E-state index in [1.807, 2.05) is 12.1 Å². The summed E-state index contributed by atoms with van der Waals surface area (Å²) in [5, 5.41) is 2.91. The molecule has 7 heteroatoms. The lowest BCUT2D eigenvalue weighted by Crippen LogP contribution is -2.32. The highest BCUT2D eigenvalue weighted by atomic mass is 19.4. The summed E-state index contributed by atoms with van der Waals surface area (Å²) in [6, 6.07) is 18.3. The Bertz CT molecular complexity index is 1180. The quantitative estimate of drug-likeness (QED) is 0.176. The molecule has 0 saturated heterocycles. The van der Waals surface area contributed by atoms with E-state index in [1.165, 1.54) is 17.7 Å². The number of amides is 1. The first-order valence-corrected chi connectivity index (χ1v) is 13.6. The largest absolute Gasteiger partial charge is 0.416 e. The number of aromatic nitrogens is 1. The number of hydrogen-bond acceptors (Lipinski definition) is 3. The van der Waals surface area contributed by atoms with Gasteiger partial charge in [0, 0.05) is 44.1 Å². The second-order valence-corrected chi connectivity index (χ2v) is 10.0. The number of carbonyl (C=O) groups is 1. The van der Waals surface area contributed by atoms with Crippen LogP contribution in [0.15, 0.2) is 79.1 Å². The number of pyridine rings is 1. The monoisotopic (exact) mass is 537 g/mol. The van der Waals surface area contributed by atoms with E-state index in [-0.39, 0.29) is 11.9 Å². The van der Waals surface area contributed by atoms with Crippen molar-refractivity contribution in [2.75, 3.05) is 13.1 Å². The van der Waals surface area contributed by atoms with Crippen LogP contribution in [0.3, 0.4) is 0 Å². The van der Waals surface area contributed by atoms with Gasteiger partial charge in [-0.3, -0.25) is 14.7 Å². The maximum atomic E-state index is 13.3. The number of hydrogen-bond donors (Lipinski definition) is 1. The van der Waals surface area contributed by atoms with Crippen LogP contribution in [0.4, 0.5) is 13.2 Å². The minimum absolute atomic E-state index is 0.102. The van der Waals surface area contributed by atoms with Crippen LogP contribution in [0.1, 0.15) is 60.9 Å². The van der Waals surface area contributed by atoms with Gasteiger partial charge in [-0.05, 0) is 80.0 Å². The molecule has 0 aliphatic rings. The van der Waals surface area contributed by atoms with Gasteiger partial charge in [-0.2, -0.15) is 13.2 Å². The molecule has 0 radical (unpaired) electrons. The topological polar surface area (TPSA) is 45.2 Å². The summed E-state index contributed by atoms with van der Waals surface area (Å²) in [5.74, 6) is -0.102. The summed E-state index contributed by atoms with van der Waals surface area (Å²) in [5.41, 5.74) is 3.10. The molecule has 3 rings (SSSR count). The van der Waals surface area contributed by atoms with E-state index >= 15 is 0 Å². The molecule has 0 spiro atoms. The standard InChI is InChI=1S/C32H38F3N3O/c1-25(2)38(22-19-29-11-5-6-12-30(29)32(33,34)35)24-28-15-13-26(14-16-28)9-4-3-7-21-37-31(39)18-17-27-10-8-20-36-23-27/h5-6,8,10-18,20,23,25H,3-4,7,9,19,21-22,24H2,1-2H3,(H,37,39)/b18-17+. The van der Waals surface area contributed by atoms with Crippen molar-refractivity contribution < 1.29 is 18.0 Å². The van der Waals surface area contributed by atoms with E-state index in [0.717, 1.165) is 42.9 Å². The fourth-order valence-electron chi connectivity index (χ4n) is 4.39. The van der Waals surface area contributed by atoms with Crippen molar-refractivity contribution in [2.24, 2.45) is 0 Å². The zero-order valence-electron chi connectivity index (χ0n) is 22.8. The van der Waals surface area contributed by atoms with Crippen LogP contribution in [0.5, 0.6) is 0 Å². The van der Waals surface area contributed by atoms with Crippen LogP contribution >= 0.6 is 0 Å². The lowest BCUT2D eigenvalue weighted by molar-refractivity contribution is -0.138. The minimum Gasteiger partial charge on any atom is -0.353 e. The Kier molecular flexibility index (Phi) is 11.7. The molecule has 1 amide bonds. The predicted octanol–water partition coefficient (Wildman–Crippen LogP) is 7.10. The lowest BCUT2D eigenvalue weighted by atomic mass is 10.0. The first-order chi connectivity index (χ1) is 18.7. The van der Waals surface area contributed by atoms with Crippen molar-refractivity contribution >= 4 is 12.0 Å². The summed E-state index contributed by atoms with van der Waals surface area (Å²) < 4.78 is 40.0. The smallest absolute Gasteiger partial charge is 0.353 e. The first-order valence-electron chi connectivity index (χ1n) is 13.6.